The summed E-state index contributed by atoms with van der Waals surface area (Å²) in [6, 6.07) is 6.33. The Kier molecular flexibility index (Phi) is 4.72. The average Bonchev–Trinajstić information content (AvgIpc) is 2.90. The van der Waals surface area contributed by atoms with E-state index in [0.717, 1.165) is 36.3 Å². The Morgan fingerprint density at radius 1 is 1.17 bits per heavy atom. The van der Waals surface area contributed by atoms with Crippen molar-refractivity contribution in [3.8, 4) is 11.1 Å². The van der Waals surface area contributed by atoms with Crippen molar-refractivity contribution < 1.29 is 0 Å². The van der Waals surface area contributed by atoms with Gasteiger partial charge in [0.1, 0.15) is 5.65 Å². The van der Waals surface area contributed by atoms with Gasteiger partial charge in [-0.1, -0.05) is 13.8 Å². The lowest BCUT2D eigenvalue weighted by Crippen LogP contribution is -2.14. The van der Waals surface area contributed by atoms with E-state index in [1.165, 1.54) is 10.9 Å². The van der Waals surface area contributed by atoms with Gasteiger partial charge in [0.05, 0.1) is 0 Å². The highest BCUT2D eigenvalue weighted by Crippen LogP contribution is 2.27. The van der Waals surface area contributed by atoms with E-state index >= 15 is 0 Å². The van der Waals surface area contributed by atoms with Crippen molar-refractivity contribution in [2.45, 2.75) is 26.8 Å². The summed E-state index contributed by atoms with van der Waals surface area (Å²) in [5.74, 6) is 0.628. The molecule has 0 aromatic carbocycles. The third kappa shape index (κ3) is 3.42. The molecule has 4 nitrogen and oxygen atoms in total. The van der Waals surface area contributed by atoms with Gasteiger partial charge in [-0.3, -0.25) is 4.98 Å². The van der Waals surface area contributed by atoms with Crippen LogP contribution in [-0.2, 0) is 13.0 Å². The molecule has 0 aliphatic heterocycles. The molecule has 0 aliphatic carbocycles. The van der Waals surface area contributed by atoms with Crippen LogP contribution in [0.15, 0.2) is 43.0 Å². The molecule has 3 rings (SSSR count). The molecule has 0 amide bonds. The van der Waals surface area contributed by atoms with E-state index in [1.54, 1.807) is 0 Å². The van der Waals surface area contributed by atoms with Crippen LogP contribution in [0.4, 0.5) is 0 Å². The summed E-state index contributed by atoms with van der Waals surface area (Å²) < 4.78 is 2.26. The maximum atomic E-state index is 4.75. The number of aromatic nitrogens is 3. The highest BCUT2D eigenvalue weighted by atomic mass is 15.0. The van der Waals surface area contributed by atoms with Gasteiger partial charge in [-0.25, -0.2) is 4.98 Å². The molecule has 4 heteroatoms. The molecule has 0 aliphatic rings. The summed E-state index contributed by atoms with van der Waals surface area (Å²) in [6.45, 7) is 6.40. The first kappa shape index (κ1) is 15.7. The summed E-state index contributed by atoms with van der Waals surface area (Å²) >= 11 is 0. The summed E-state index contributed by atoms with van der Waals surface area (Å²) in [5.41, 5.74) is 4.77. The number of hydrogen-bond donors (Lipinski definition) is 1. The molecule has 3 heterocycles. The van der Waals surface area contributed by atoms with Gasteiger partial charge in [-0.05, 0) is 48.7 Å². The zero-order chi connectivity index (χ0) is 16.2. The highest BCUT2D eigenvalue weighted by Gasteiger charge is 2.12. The second kappa shape index (κ2) is 6.92. The van der Waals surface area contributed by atoms with Crippen molar-refractivity contribution in [3.63, 3.8) is 0 Å². The van der Waals surface area contributed by atoms with Crippen LogP contribution in [0.25, 0.3) is 22.2 Å². The number of fused-ring (bicyclic) bond motifs is 1. The van der Waals surface area contributed by atoms with E-state index in [4.69, 9.17) is 4.98 Å². The van der Waals surface area contributed by atoms with E-state index in [-0.39, 0.29) is 0 Å². The van der Waals surface area contributed by atoms with Crippen LogP contribution < -0.4 is 5.32 Å². The molecule has 1 N–H and O–H groups in total. The molecule has 3 aromatic rings. The molecule has 3 aromatic heterocycles. The van der Waals surface area contributed by atoms with Crippen molar-refractivity contribution in [1.82, 2.24) is 19.9 Å². The van der Waals surface area contributed by atoms with Crippen LogP contribution in [0, 0.1) is 5.92 Å². The molecular formula is C19H24N4. The van der Waals surface area contributed by atoms with Crippen LogP contribution in [0.2, 0.25) is 0 Å². The van der Waals surface area contributed by atoms with Crippen molar-refractivity contribution in [1.29, 1.82) is 0 Å². The van der Waals surface area contributed by atoms with Gasteiger partial charge in [0, 0.05) is 48.8 Å². The van der Waals surface area contributed by atoms with E-state index in [1.807, 2.05) is 37.8 Å². The quantitative estimate of drug-likeness (QED) is 0.757. The van der Waals surface area contributed by atoms with Gasteiger partial charge in [0.15, 0.2) is 0 Å². The second-order valence-electron chi connectivity index (χ2n) is 6.38. The molecule has 0 saturated carbocycles. The molecule has 0 atom stereocenters. The molecule has 0 saturated heterocycles. The standard InChI is InChI=1S/C19H24N4/c1-14(2)10-17-13-23(9-8-20-3)19-18(17)11-16(12-22-19)15-4-6-21-7-5-15/h4-7,11-14,20H,8-10H2,1-3H3. The summed E-state index contributed by atoms with van der Waals surface area (Å²) in [6.07, 6.45) is 8.96. The predicted octanol–water partition coefficient (Wildman–Crippen LogP) is 3.52. The maximum absolute atomic E-state index is 4.75. The highest BCUT2D eigenvalue weighted by molar-refractivity contribution is 5.85. The normalized spacial score (nSPS) is 11.5. The number of pyridine rings is 2. The van der Waals surface area contributed by atoms with Crippen LogP contribution >= 0.6 is 0 Å². The molecule has 0 radical (unpaired) electrons. The Hall–Kier alpha value is -2.20. The Morgan fingerprint density at radius 2 is 1.96 bits per heavy atom. The first-order chi connectivity index (χ1) is 11.2. The van der Waals surface area contributed by atoms with E-state index in [0.29, 0.717) is 5.92 Å². The Balaban J connectivity index is 2.08. The van der Waals surface area contributed by atoms with Gasteiger partial charge in [0.25, 0.3) is 0 Å². The Morgan fingerprint density at radius 3 is 2.65 bits per heavy atom. The summed E-state index contributed by atoms with van der Waals surface area (Å²) in [7, 11) is 1.98. The summed E-state index contributed by atoms with van der Waals surface area (Å²) in [4.78, 5) is 8.85. The largest absolute Gasteiger partial charge is 0.331 e. The number of likely N-dealkylation sites (N-methyl/N-ethyl adjacent to an activating group) is 1. The van der Waals surface area contributed by atoms with Crippen molar-refractivity contribution in [2.24, 2.45) is 5.92 Å². The van der Waals surface area contributed by atoms with Crippen molar-refractivity contribution in [3.05, 3.63) is 48.5 Å². The lowest BCUT2D eigenvalue weighted by atomic mass is 10.0. The lowest BCUT2D eigenvalue weighted by molar-refractivity contribution is 0.635. The van der Waals surface area contributed by atoms with Gasteiger partial charge >= 0.3 is 0 Å². The fraction of sp³-hybridized carbons (Fsp3) is 0.368. The maximum Gasteiger partial charge on any atom is 0.140 e. The van der Waals surface area contributed by atoms with E-state index < -0.39 is 0 Å². The number of nitrogens with one attached hydrogen (secondary N) is 1. The molecular weight excluding hydrogens is 284 g/mol. The van der Waals surface area contributed by atoms with Gasteiger partial charge < -0.3 is 9.88 Å². The Labute approximate surface area is 137 Å². The summed E-state index contributed by atoms with van der Waals surface area (Å²) in [5, 5.41) is 4.48. The van der Waals surface area contributed by atoms with Gasteiger partial charge in [-0.15, -0.1) is 0 Å². The number of nitrogens with zero attached hydrogens (tertiary/aromatic N) is 3. The number of hydrogen-bond acceptors (Lipinski definition) is 3. The first-order valence-electron chi connectivity index (χ1n) is 8.22. The van der Waals surface area contributed by atoms with Crippen LogP contribution in [0.1, 0.15) is 19.4 Å². The second-order valence-corrected chi connectivity index (χ2v) is 6.38. The monoisotopic (exact) mass is 308 g/mol. The smallest absolute Gasteiger partial charge is 0.140 e. The van der Waals surface area contributed by atoms with Crippen LogP contribution in [0.5, 0.6) is 0 Å². The number of rotatable bonds is 6. The van der Waals surface area contributed by atoms with Crippen LogP contribution in [0.3, 0.4) is 0 Å². The van der Waals surface area contributed by atoms with Gasteiger partial charge in [-0.2, -0.15) is 0 Å². The molecule has 0 bridgehead atoms. The Bertz CT molecular complexity index is 775. The van der Waals surface area contributed by atoms with E-state index in [2.05, 4.69) is 41.0 Å². The minimum absolute atomic E-state index is 0.628. The fourth-order valence-corrected chi connectivity index (χ4v) is 2.95. The SMILES string of the molecule is CNCCn1cc(CC(C)C)c2cc(-c3ccncc3)cnc21. The molecule has 0 fully saturated rings. The minimum Gasteiger partial charge on any atom is -0.331 e. The minimum atomic E-state index is 0.628. The fourth-order valence-electron chi connectivity index (χ4n) is 2.95. The van der Waals surface area contributed by atoms with Crippen LogP contribution in [-0.4, -0.2) is 28.1 Å². The van der Waals surface area contributed by atoms with Gasteiger partial charge in [0.2, 0.25) is 0 Å². The topological polar surface area (TPSA) is 42.7 Å². The molecule has 0 unspecified atom stereocenters. The predicted molar refractivity (Wildman–Crippen MR) is 95.4 cm³/mol. The van der Waals surface area contributed by atoms with E-state index in [9.17, 15) is 0 Å². The zero-order valence-electron chi connectivity index (χ0n) is 14.1. The first-order valence-corrected chi connectivity index (χ1v) is 8.22. The molecule has 120 valence electrons. The molecule has 0 spiro atoms. The zero-order valence-corrected chi connectivity index (χ0v) is 14.1. The molecule has 23 heavy (non-hydrogen) atoms. The van der Waals surface area contributed by atoms with Crippen molar-refractivity contribution >= 4 is 11.0 Å². The van der Waals surface area contributed by atoms with Crippen molar-refractivity contribution in [2.75, 3.05) is 13.6 Å². The third-order valence-corrected chi connectivity index (χ3v) is 4.04. The third-order valence-electron chi connectivity index (χ3n) is 4.04. The lowest BCUT2D eigenvalue weighted by Gasteiger charge is -2.05. The average molecular weight is 308 g/mol.